The molecular formula is C22H23ClN4O. The zero-order valence-electron chi connectivity index (χ0n) is 15.4. The predicted molar refractivity (Wildman–Crippen MR) is 111 cm³/mol. The van der Waals surface area contributed by atoms with Crippen molar-refractivity contribution < 1.29 is 4.79 Å². The van der Waals surface area contributed by atoms with Crippen LogP contribution in [0.1, 0.15) is 22.0 Å². The first-order chi connectivity index (χ1) is 13.3. The van der Waals surface area contributed by atoms with Crippen molar-refractivity contribution in [1.82, 2.24) is 20.0 Å². The van der Waals surface area contributed by atoms with Gasteiger partial charge < -0.3 is 10.2 Å². The maximum atomic E-state index is 13.6. The van der Waals surface area contributed by atoms with Crippen molar-refractivity contribution >= 4 is 18.3 Å². The highest BCUT2D eigenvalue weighted by molar-refractivity contribution is 5.98. The number of para-hydroxylation sites is 1. The van der Waals surface area contributed by atoms with Crippen molar-refractivity contribution in [2.75, 3.05) is 19.6 Å². The first kappa shape index (κ1) is 18.7. The molecule has 144 valence electrons. The van der Waals surface area contributed by atoms with E-state index in [9.17, 15) is 4.79 Å². The number of likely N-dealkylation sites (tertiary alicyclic amines) is 1. The summed E-state index contributed by atoms with van der Waals surface area (Å²) in [7, 11) is 0. The van der Waals surface area contributed by atoms with Gasteiger partial charge in [-0.3, -0.25) is 4.79 Å². The van der Waals surface area contributed by atoms with Crippen LogP contribution in [0, 0.1) is 11.8 Å². The SMILES string of the molecule is Cl.O=C(c1ccccc1-n1cccn1)N1C[C@@H]2CNC[C@@H]2[C@H]1c1ccccc1. The van der Waals surface area contributed by atoms with Gasteiger partial charge in [0.25, 0.3) is 5.91 Å². The Bertz CT molecular complexity index is 944. The van der Waals surface area contributed by atoms with E-state index in [1.165, 1.54) is 5.56 Å². The lowest BCUT2D eigenvalue weighted by molar-refractivity contribution is 0.0714. The molecule has 2 fully saturated rings. The summed E-state index contributed by atoms with van der Waals surface area (Å²) in [5, 5.41) is 7.83. The molecule has 1 amide bonds. The molecule has 0 bridgehead atoms. The van der Waals surface area contributed by atoms with Crippen LogP contribution in [-0.4, -0.2) is 40.2 Å². The normalized spacial score (nSPS) is 23.3. The summed E-state index contributed by atoms with van der Waals surface area (Å²) >= 11 is 0. The number of amides is 1. The lowest BCUT2D eigenvalue weighted by atomic mass is 9.89. The number of nitrogens with one attached hydrogen (secondary N) is 1. The molecule has 5 rings (SSSR count). The van der Waals surface area contributed by atoms with Crippen molar-refractivity contribution in [2.24, 2.45) is 11.8 Å². The van der Waals surface area contributed by atoms with Gasteiger partial charge >= 0.3 is 0 Å². The summed E-state index contributed by atoms with van der Waals surface area (Å²) in [6.07, 6.45) is 3.61. The van der Waals surface area contributed by atoms with Crippen molar-refractivity contribution in [3.63, 3.8) is 0 Å². The van der Waals surface area contributed by atoms with E-state index in [0.717, 1.165) is 25.3 Å². The Morgan fingerprint density at radius 3 is 2.57 bits per heavy atom. The molecule has 2 aliphatic rings. The number of hydrogen-bond acceptors (Lipinski definition) is 3. The Labute approximate surface area is 170 Å². The zero-order chi connectivity index (χ0) is 18.2. The highest BCUT2D eigenvalue weighted by Gasteiger charge is 2.47. The first-order valence-electron chi connectivity index (χ1n) is 9.48. The molecule has 0 spiro atoms. The topological polar surface area (TPSA) is 50.2 Å². The molecule has 2 aliphatic heterocycles. The number of halogens is 1. The van der Waals surface area contributed by atoms with Gasteiger partial charge in [-0.05, 0) is 29.7 Å². The van der Waals surface area contributed by atoms with E-state index in [0.29, 0.717) is 17.4 Å². The van der Waals surface area contributed by atoms with Gasteiger partial charge in [-0.15, -0.1) is 12.4 Å². The van der Waals surface area contributed by atoms with E-state index in [4.69, 9.17) is 0 Å². The third-order valence-corrected chi connectivity index (χ3v) is 5.85. The van der Waals surface area contributed by atoms with Gasteiger partial charge in [0.1, 0.15) is 0 Å². The highest BCUT2D eigenvalue weighted by Crippen LogP contribution is 2.43. The van der Waals surface area contributed by atoms with E-state index in [-0.39, 0.29) is 24.4 Å². The van der Waals surface area contributed by atoms with Crippen LogP contribution >= 0.6 is 12.4 Å². The summed E-state index contributed by atoms with van der Waals surface area (Å²) in [5.74, 6) is 1.06. The number of benzene rings is 2. The van der Waals surface area contributed by atoms with Crippen LogP contribution in [0.15, 0.2) is 73.1 Å². The molecule has 1 aromatic heterocycles. The van der Waals surface area contributed by atoms with Crippen molar-refractivity contribution in [3.8, 4) is 5.69 Å². The fraction of sp³-hybridized carbons (Fsp3) is 0.273. The molecule has 0 unspecified atom stereocenters. The number of aromatic nitrogens is 2. The molecule has 5 nitrogen and oxygen atoms in total. The van der Waals surface area contributed by atoms with E-state index in [1.807, 2.05) is 42.6 Å². The van der Waals surface area contributed by atoms with Crippen LogP contribution in [0.3, 0.4) is 0 Å². The van der Waals surface area contributed by atoms with Crippen LogP contribution in [0.25, 0.3) is 5.69 Å². The van der Waals surface area contributed by atoms with Gasteiger partial charge in [0, 0.05) is 37.9 Å². The van der Waals surface area contributed by atoms with E-state index in [2.05, 4.69) is 39.6 Å². The Morgan fingerprint density at radius 1 is 1.00 bits per heavy atom. The van der Waals surface area contributed by atoms with E-state index >= 15 is 0 Å². The molecule has 0 radical (unpaired) electrons. The van der Waals surface area contributed by atoms with Crippen LogP contribution in [0.4, 0.5) is 0 Å². The summed E-state index contributed by atoms with van der Waals surface area (Å²) in [4.78, 5) is 15.7. The van der Waals surface area contributed by atoms with Crippen LogP contribution in [-0.2, 0) is 0 Å². The molecule has 2 aromatic carbocycles. The summed E-state index contributed by atoms with van der Waals surface area (Å²) in [6, 6.07) is 20.2. The Balaban J connectivity index is 0.00000192. The Morgan fingerprint density at radius 2 is 1.79 bits per heavy atom. The van der Waals surface area contributed by atoms with Crippen LogP contribution < -0.4 is 5.32 Å². The van der Waals surface area contributed by atoms with E-state index < -0.39 is 0 Å². The van der Waals surface area contributed by atoms with Crippen molar-refractivity contribution in [1.29, 1.82) is 0 Å². The smallest absolute Gasteiger partial charge is 0.256 e. The molecule has 0 saturated carbocycles. The molecule has 6 heteroatoms. The minimum Gasteiger partial charge on any atom is -0.331 e. The Hall–Kier alpha value is -2.63. The quantitative estimate of drug-likeness (QED) is 0.741. The van der Waals surface area contributed by atoms with Gasteiger partial charge in [-0.25, -0.2) is 4.68 Å². The number of fused-ring (bicyclic) bond motifs is 1. The minimum absolute atomic E-state index is 0. The molecule has 3 heterocycles. The van der Waals surface area contributed by atoms with Crippen LogP contribution in [0.2, 0.25) is 0 Å². The maximum absolute atomic E-state index is 13.6. The van der Waals surface area contributed by atoms with Crippen molar-refractivity contribution in [3.05, 3.63) is 84.2 Å². The maximum Gasteiger partial charge on any atom is 0.256 e. The monoisotopic (exact) mass is 394 g/mol. The fourth-order valence-electron chi connectivity index (χ4n) is 4.63. The lowest BCUT2D eigenvalue weighted by Crippen LogP contribution is -2.35. The average Bonchev–Trinajstić information content (AvgIpc) is 3.45. The molecule has 28 heavy (non-hydrogen) atoms. The van der Waals surface area contributed by atoms with Gasteiger partial charge in [0.2, 0.25) is 0 Å². The zero-order valence-corrected chi connectivity index (χ0v) is 16.3. The second-order valence-corrected chi connectivity index (χ2v) is 7.36. The minimum atomic E-state index is 0. The Kier molecular flexibility index (Phi) is 5.20. The third-order valence-electron chi connectivity index (χ3n) is 5.85. The van der Waals surface area contributed by atoms with Gasteiger partial charge in [0.15, 0.2) is 0 Å². The van der Waals surface area contributed by atoms with E-state index in [1.54, 1.807) is 10.9 Å². The number of carbonyl (C=O) groups is 1. The second-order valence-electron chi connectivity index (χ2n) is 7.36. The summed E-state index contributed by atoms with van der Waals surface area (Å²) in [6.45, 7) is 2.75. The second kappa shape index (κ2) is 7.78. The summed E-state index contributed by atoms with van der Waals surface area (Å²) in [5.41, 5.74) is 2.75. The first-order valence-corrected chi connectivity index (χ1v) is 9.48. The highest BCUT2D eigenvalue weighted by atomic mass is 35.5. The number of nitrogens with zero attached hydrogens (tertiary/aromatic N) is 3. The van der Waals surface area contributed by atoms with Gasteiger partial charge in [-0.2, -0.15) is 5.10 Å². The number of carbonyl (C=O) groups excluding carboxylic acids is 1. The standard InChI is InChI=1S/C22H22N4O.ClH/c27-22(18-9-4-5-10-20(18)26-12-6-11-24-26)25-15-17-13-23-14-19(17)21(25)16-7-2-1-3-8-16;/h1-12,17,19,21,23H,13-15H2;1H/t17-,19-,21+;/m0./s1. The van der Waals surface area contributed by atoms with Crippen molar-refractivity contribution in [2.45, 2.75) is 6.04 Å². The largest absolute Gasteiger partial charge is 0.331 e. The average molecular weight is 395 g/mol. The number of hydrogen-bond donors (Lipinski definition) is 1. The molecule has 2 saturated heterocycles. The molecule has 1 N–H and O–H groups in total. The molecular weight excluding hydrogens is 372 g/mol. The van der Waals surface area contributed by atoms with Gasteiger partial charge in [0.05, 0.1) is 17.3 Å². The summed E-state index contributed by atoms with van der Waals surface area (Å²) < 4.78 is 1.77. The van der Waals surface area contributed by atoms with Crippen LogP contribution in [0.5, 0.6) is 0 Å². The molecule has 0 aliphatic carbocycles. The molecule has 3 aromatic rings. The lowest BCUT2D eigenvalue weighted by Gasteiger charge is -2.29. The predicted octanol–water partition coefficient (Wildman–Crippen LogP) is 3.33. The van der Waals surface area contributed by atoms with Gasteiger partial charge in [-0.1, -0.05) is 42.5 Å². The molecule has 3 atom stereocenters. The third kappa shape index (κ3) is 3.11. The number of rotatable bonds is 3. The fourth-order valence-corrected chi connectivity index (χ4v) is 4.63.